The quantitative estimate of drug-likeness (QED) is 0.228. The molecule has 3 aromatic carbocycles. The Morgan fingerprint density at radius 1 is 0.769 bits per heavy atom. The van der Waals surface area contributed by atoms with Crippen LogP contribution in [0.25, 0.3) is 22.3 Å². The van der Waals surface area contributed by atoms with E-state index in [1.54, 1.807) is 0 Å². The number of thiol groups is 1. The van der Waals surface area contributed by atoms with E-state index >= 15 is 0 Å². The van der Waals surface area contributed by atoms with Crippen molar-refractivity contribution in [1.29, 1.82) is 0 Å². The summed E-state index contributed by atoms with van der Waals surface area (Å²) in [4.78, 5) is 0. The van der Waals surface area contributed by atoms with E-state index < -0.39 is 0 Å². The van der Waals surface area contributed by atoms with Crippen molar-refractivity contribution in [3.63, 3.8) is 0 Å². The zero-order chi connectivity index (χ0) is 17.5. The van der Waals surface area contributed by atoms with Crippen LogP contribution in [-0.2, 0) is 0 Å². The van der Waals surface area contributed by atoms with E-state index in [9.17, 15) is 0 Å². The molecule has 1 atom stereocenters. The third-order valence-electron chi connectivity index (χ3n) is 4.34. The standard InChI is InChI=1S/C23H25PS.BrH/c1-18-16-21(19-10-4-2-5-11-19)23(24-14-8-9-15-25)22(17-18)20-12-6-3-7-13-20;/h2-7,10-13,16-17,24-25H,8-9,14-15H2,1H3;1H. The highest BCUT2D eigenvalue weighted by Gasteiger charge is 2.13. The number of halogens is 1. The second kappa shape index (κ2) is 10.9. The average molecular weight is 445 g/mol. The van der Waals surface area contributed by atoms with Gasteiger partial charge in [0, 0.05) is 0 Å². The van der Waals surface area contributed by atoms with Gasteiger partial charge in [0.2, 0.25) is 0 Å². The Morgan fingerprint density at radius 3 is 1.73 bits per heavy atom. The summed E-state index contributed by atoms with van der Waals surface area (Å²) in [5, 5.41) is 1.50. The van der Waals surface area contributed by atoms with Crippen LogP contribution in [-0.4, -0.2) is 11.9 Å². The fourth-order valence-electron chi connectivity index (χ4n) is 3.12. The van der Waals surface area contributed by atoms with Crippen LogP contribution < -0.4 is 5.30 Å². The molecule has 26 heavy (non-hydrogen) atoms. The first-order valence-corrected chi connectivity index (χ1v) is 10.7. The molecule has 0 fully saturated rings. The first-order valence-electron chi connectivity index (χ1n) is 8.90. The molecule has 0 radical (unpaired) electrons. The molecule has 0 saturated carbocycles. The monoisotopic (exact) mass is 444 g/mol. The Balaban J connectivity index is 0.00000243. The van der Waals surface area contributed by atoms with Crippen molar-refractivity contribution < 1.29 is 0 Å². The van der Waals surface area contributed by atoms with Gasteiger partial charge in [-0.2, -0.15) is 12.6 Å². The molecule has 0 aliphatic rings. The minimum atomic E-state index is 0. The summed E-state index contributed by atoms with van der Waals surface area (Å²) >= 11 is 4.35. The van der Waals surface area contributed by atoms with Crippen molar-refractivity contribution in [2.24, 2.45) is 0 Å². The van der Waals surface area contributed by atoms with Gasteiger partial charge >= 0.3 is 0 Å². The molecule has 0 bridgehead atoms. The summed E-state index contributed by atoms with van der Waals surface area (Å²) in [7, 11) is 0.825. The van der Waals surface area contributed by atoms with Crippen LogP contribution in [0.3, 0.4) is 0 Å². The molecule has 0 amide bonds. The summed E-state index contributed by atoms with van der Waals surface area (Å²) in [5.41, 5.74) is 6.74. The van der Waals surface area contributed by atoms with E-state index in [0.29, 0.717) is 0 Å². The van der Waals surface area contributed by atoms with Crippen molar-refractivity contribution in [3.05, 3.63) is 78.4 Å². The zero-order valence-corrected chi connectivity index (χ0v) is 18.7. The maximum absolute atomic E-state index is 4.35. The lowest BCUT2D eigenvalue weighted by Gasteiger charge is -2.17. The molecule has 0 aromatic heterocycles. The largest absolute Gasteiger partial charge is 0.179 e. The maximum atomic E-state index is 4.35. The van der Waals surface area contributed by atoms with Gasteiger partial charge in [0.1, 0.15) is 0 Å². The van der Waals surface area contributed by atoms with Crippen LogP contribution in [0, 0.1) is 6.92 Å². The molecular formula is C23H26BrPS. The summed E-state index contributed by atoms with van der Waals surface area (Å²) in [6, 6.07) is 26.3. The molecule has 1 unspecified atom stereocenters. The Bertz CT molecular complexity index is 742. The molecule has 0 aliphatic heterocycles. The molecule has 3 aromatic rings. The number of aryl methyl sites for hydroxylation is 1. The Morgan fingerprint density at radius 2 is 1.27 bits per heavy atom. The van der Waals surface area contributed by atoms with Crippen molar-refractivity contribution >= 4 is 43.5 Å². The van der Waals surface area contributed by atoms with E-state index in [0.717, 1.165) is 14.3 Å². The topological polar surface area (TPSA) is 0 Å². The van der Waals surface area contributed by atoms with Gasteiger partial charge < -0.3 is 0 Å². The van der Waals surface area contributed by atoms with E-state index in [-0.39, 0.29) is 17.0 Å². The smallest absolute Gasteiger partial charge is 0.00978 e. The van der Waals surface area contributed by atoms with Crippen molar-refractivity contribution in [3.8, 4) is 22.3 Å². The van der Waals surface area contributed by atoms with Gasteiger partial charge in [0.15, 0.2) is 0 Å². The summed E-state index contributed by atoms with van der Waals surface area (Å²) < 4.78 is 0. The molecule has 0 heterocycles. The second-order valence-electron chi connectivity index (χ2n) is 6.32. The van der Waals surface area contributed by atoms with Crippen LogP contribution >= 0.6 is 38.2 Å². The molecule has 0 N–H and O–H groups in total. The first kappa shape index (κ1) is 21.2. The normalized spacial score (nSPS) is 10.8. The first-order chi connectivity index (χ1) is 12.3. The summed E-state index contributed by atoms with van der Waals surface area (Å²) in [6.45, 7) is 2.20. The molecule has 0 saturated heterocycles. The predicted molar refractivity (Wildman–Crippen MR) is 128 cm³/mol. The fourth-order valence-corrected chi connectivity index (χ4v) is 4.83. The van der Waals surface area contributed by atoms with Crippen molar-refractivity contribution in [2.45, 2.75) is 19.8 Å². The minimum Gasteiger partial charge on any atom is -0.179 e. The Hall–Kier alpha value is -1.08. The fraction of sp³-hybridized carbons (Fsp3) is 0.217. The van der Waals surface area contributed by atoms with Gasteiger partial charge in [-0.15, -0.1) is 17.0 Å². The van der Waals surface area contributed by atoms with Gasteiger partial charge in [-0.05, 0) is 64.8 Å². The lowest BCUT2D eigenvalue weighted by Crippen LogP contribution is -2.07. The number of unbranched alkanes of at least 4 members (excludes halogenated alkanes) is 1. The van der Waals surface area contributed by atoms with Crippen LogP contribution in [0.1, 0.15) is 18.4 Å². The third kappa shape index (κ3) is 5.46. The number of hydrogen-bond donors (Lipinski definition) is 1. The van der Waals surface area contributed by atoms with Crippen molar-refractivity contribution in [2.75, 3.05) is 11.9 Å². The number of rotatable bonds is 7. The average Bonchev–Trinajstić information content (AvgIpc) is 2.67. The zero-order valence-electron chi connectivity index (χ0n) is 15.1. The second-order valence-corrected chi connectivity index (χ2v) is 8.13. The van der Waals surface area contributed by atoms with E-state index in [1.165, 1.54) is 52.1 Å². The van der Waals surface area contributed by atoms with Gasteiger partial charge in [-0.25, -0.2) is 0 Å². The van der Waals surface area contributed by atoms with Gasteiger partial charge in [0.25, 0.3) is 0 Å². The lowest BCUT2D eigenvalue weighted by molar-refractivity contribution is 0.909. The minimum absolute atomic E-state index is 0. The van der Waals surface area contributed by atoms with Crippen LogP contribution in [0.2, 0.25) is 0 Å². The van der Waals surface area contributed by atoms with Crippen LogP contribution in [0.15, 0.2) is 72.8 Å². The van der Waals surface area contributed by atoms with E-state index in [1.807, 2.05) is 0 Å². The predicted octanol–water partition coefficient (Wildman–Crippen LogP) is 6.92. The van der Waals surface area contributed by atoms with Crippen molar-refractivity contribution in [1.82, 2.24) is 0 Å². The van der Waals surface area contributed by atoms with Gasteiger partial charge in [0.05, 0.1) is 0 Å². The number of benzene rings is 3. The summed E-state index contributed by atoms with van der Waals surface area (Å²) in [5.74, 6) is 0.982. The molecule has 0 nitrogen and oxygen atoms in total. The van der Waals surface area contributed by atoms with Crippen LogP contribution in [0.5, 0.6) is 0 Å². The highest BCUT2D eigenvalue weighted by atomic mass is 79.9. The van der Waals surface area contributed by atoms with Gasteiger partial charge in [-0.1, -0.05) is 81.4 Å². The van der Waals surface area contributed by atoms with E-state index in [4.69, 9.17) is 0 Å². The van der Waals surface area contributed by atoms with E-state index in [2.05, 4.69) is 92.3 Å². The SMILES string of the molecule is Br.Cc1cc(-c2ccccc2)c(PCCCCS)c(-c2ccccc2)c1. The molecule has 3 rings (SSSR count). The molecule has 0 spiro atoms. The lowest BCUT2D eigenvalue weighted by atomic mass is 9.96. The summed E-state index contributed by atoms with van der Waals surface area (Å²) in [6.07, 6.45) is 3.69. The molecule has 0 aliphatic carbocycles. The maximum Gasteiger partial charge on any atom is -0.00978 e. The third-order valence-corrected chi connectivity index (χ3v) is 6.15. The Kier molecular flexibility index (Phi) is 8.91. The molecule has 3 heteroatoms. The van der Waals surface area contributed by atoms with Crippen LogP contribution in [0.4, 0.5) is 0 Å². The van der Waals surface area contributed by atoms with Gasteiger partial charge in [-0.3, -0.25) is 0 Å². The number of hydrogen-bond acceptors (Lipinski definition) is 1. The molecular weight excluding hydrogens is 419 g/mol. The highest BCUT2D eigenvalue weighted by Crippen LogP contribution is 2.32. The Labute approximate surface area is 175 Å². The highest BCUT2D eigenvalue weighted by molar-refractivity contribution is 8.93. The molecule has 136 valence electrons.